The summed E-state index contributed by atoms with van der Waals surface area (Å²) in [5, 5.41) is 0. The molecule has 0 amide bonds. The Morgan fingerprint density at radius 2 is 2.19 bits per heavy atom. The van der Waals surface area contributed by atoms with Crippen LogP contribution in [-0.2, 0) is 0 Å². The van der Waals surface area contributed by atoms with Gasteiger partial charge < -0.3 is 10.7 Å². The van der Waals surface area contributed by atoms with Gasteiger partial charge >= 0.3 is 5.69 Å². The molecule has 2 aromatic rings. The Hall–Kier alpha value is -1.82. The summed E-state index contributed by atoms with van der Waals surface area (Å²) in [5.74, 6) is 0.381. The average Bonchev–Trinajstić information content (AvgIpc) is 2.76. The van der Waals surface area contributed by atoms with Gasteiger partial charge in [0, 0.05) is 18.3 Å². The molecule has 0 spiro atoms. The maximum atomic E-state index is 12.4. The lowest BCUT2D eigenvalue weighted by Gasteiger charge is -2.41. The van der Waals surface area contributed by atoms with E-state index in [0.29, 0.717) is 11.3 Å². The molecule has 0 aromatic carbocycles. The topological polar surface area (TPSA) is 79.9 Å². The second kappa shape index (κ2) is 4.87. The maximum Gasteiger partial charge on any atom is 0.326 e. The second-order valence-corrected chi connectivity index (χ2v) is 6.80. The Kier molecular flexibility index (Phi) is 3.28. The Bertz CT molecular complexity index is 709. The highest BCUT2D eigenvalue weighted by Gasteiger charge is 2.30. The number of nitrogens with two attached hydrogens (primary N) is 1. The fourth-order valence-electron chi connectivity index (χ4n) is 3.21. The van der Waals surface area contributed by atoms with E-state index < -0.39 is 0 Å². The number of hydrogen-bond donors (Lipinski definition) is 2. The number of nitrogens with one attached hydrogen (secondary N) is 1. The predicted octanol–water partition coefficient (Wildman–Crippen LogP) is 1.74. The van der Waals surface area contributed by atoms with Crippen LogP contribution in [0.1, 0.15) is 39.7 Å². The summed E-state index contributed by atoms with van der Waals surface area (Å²) in [6.07, 6.45) is 3.77. The van der Waals surface area contributed by atoms with Crippen molar-refractivity contribution in [2.75, 3.05) is 18.8 Å². The Balaban J connectivity index is 2.03. The lowest BCUT2D eigenvalue weighted by atomic mass is 9.98. The summed E-state index contributed by atoms with van der Waals surface area (Å²) in [5.41, 5.74) is 7.39. The number of H-pyrrole nitrogens is 1. The largest absolute Gasteiger partial charge is 0.382 e. The highest BCUT2D eigenvalue weighted by Crippen LogP contribution is 2.28. The first-order valence-electron chi connectivity index (χ1n) is 7.47. The number of anilines is 1. The molecular formula is C15H23N5O. The molecule has 1 aliphatic rings. The summed E-state index contributed by atoms with van der Waals surface area (Å²) in [7, 11) is 0. The minimum atomic E-state index is -0.0922. The number of fused-ring (bicyclic) bond motifs is 1. The smallest absolute Gasteiger partial charge is 0.326 e. The van der Waals surface area contributed by atoms with Crippen molar-refractivity contribution in [3.8, 4) is 0 Å². The molecule has 0 bridgehead atoms. The molecule has 21 heavy (non-hydrogen) atoms. The molecule has 0 unspecified atom stereocenters. The number of likely N-dealkylation sites (tertiary alicyclic amines) is 1. The van der Waals surface area contributed by atoms with Gasteiger partial charge in [-0.1, -0.05) is 0 Å². The maximum absolute atomic E-state index is 12.4. The molecule has 0 aliphatic carbocycles. The molecular weight excluding hydrogens is 266 g/mol. The van der Waals surface area contributed by atoms with Crippen molar-refractivity contribution >= 4 is 16.9 Å². The molecule has 2 aromatic heterocycles. The van der Waals surface area contributed by atoms with Crippen LogP contribution < -0.4 is 11.4 Å². The van der Waals surface area contributed by atoms with Crippen LogP contribution in [0.2, 0.25) is 0 Å². The summed E-state index contributed by atoms with van der Waals surface area (Å²) < 4.78 is 1.85. The van der Waals surface area contributed by atoms with Gasteiger partial charge in [0.1, 0.15) is 11.3 Å². The number of hydrogen-bond acceptors (Lipinski definition) is 4. The Morgan fingerprint density at radius 1 is 1.43 bits per heavy atom. The zero-order valence-corrected chi connectivity index (χ0v) is 12.9. The van der Waals surface area contributed by atoms with Crippen LogP contribution in [0.25, 0.3) is 11.0 Å². The van der Waals surface area contributed by atoms with Gasteiger partial charge in [-0.2, -0.15) is 0 Å². The third-order valence-corrected chi connectivity index (χ3v) is 4.38. The minimum absolute atomic E-state index is 0.0922. The standard InChI is InChI=1S/C15H23N5O/c1-15(2,3)19-8-4-5-10(9-19)20-11-6-7-17-13(16)12(11)18-14(20)21/h6-7,10H,4-5,8-9H2,1-3H3,(H2,16,17)(H,18,21)/t10-/m1/s1. The van der Waals surface area contributed by atoms with E-state index in [-0.39, 0.29) is 17.3 Å². The van der Waals surface area contributed by atoms with Crippen LogP contribution in [0.4, 0.5) is 5.82 Å². The van der Waals surface area contributed by atoms with Gasteiger partial charge in [0.05, 0.1) is 11.6 Å². The monoisotopic (exact) mass is 289 g/mol. The van der Waals surface area contributed by atoms with E-state index in [4.69, 9.17) is 5.73 Å². The zero-order valence-electron chi connectivity index (χ0n) is 12.9. The lowest BCUT2D eigenvalue weighted by Crippen LogP contribution is -2.48. The molecule has 3 N–H and O–H groups in total. The molecule has 0 saturated carbocycles. The van der Waals surface area contributed by atoms with E-state index in [9.17, 15) is 4.79 Å². The third kappa shape index (κ3) is 2.44. The molecule has 1 saturated heterocycles. The normalized spacial score (nSPS) is 21.0. The summed E-state index contributed by atoms with van der Waals surface area (Å²) in [6, 6.07) is 2.04. The molecule has 3 rings (SSSR count). The molecule has 1 fully saturated rings. The lowest BCUT2D eigenvalue weighted by molar-refractivity contribution is 0.0823. The van der Waals surface area contributed by atoms with Crippen LogP contribution in [0, 0.1) is 0 Å². The van der Waals surface area contributed by atoms with Gasteiger partial charge in [0.2, 0.25) is 0 Å². The van der Waals surface area contributed by atoms with Gasteiger partial charge in [-0.25, -0.2) is 9.78 Å². The van der Waals surface area contributed by atoms with Crippen molar-refractivity contribution in [2.45, 2.75) is 45.2 Å². The summed E-state index contributed by atoms with van der Waals surface area (Å²) in [4.78, 5) is 21.7. The van der Waals surface area contributed by atoms with Crippen molar-refractivity contribution in [1.82, 2.24) is 19.4 Å². The fraction of sp³-hybridized carbons (Fsp3) is 0.600. The molecule has 114 valence electrons. The first kappa shape index (κ1) is 14.1. The van der Waals surface area contributed by atoms with Gasteiger partial charge in [0.25, 0.3) is 0 Å². The van der Waals surface area contributed by atoms with Gasteiger partial charge in [-0.05, 0) is 46.2 Å². The quantitative estimate of drug-likeness (QED) is 0.838. The predicted molar refractivity (Wildman–Crippen MR) is 84.4 cm³/mol. The van der Waals surface area contributed by atoms with Crippen LogP contribution in [-0.4, -0.2) is 38.1 Å². The number of pyridine rings is 1. The third-order valence-electron chi connectivity index (χ3n) is 4.38. The number of rotatable bonds is 1. The first-order chi connectivity index (χ1) is 9.88. The van der Waals surface area contributed by atoms with E-state index in [1.54, 1.807) is 6.20 Å². The van der Waals surface area contributed by atoms with Gasteiger partial charge in [0.15, 0.2) is 0 Å². The summed E-state index contributed by atoms with van der Waals surface area (Å²) in [6.45, 7) is 8.62. The van der Waals surface area contributed by atoms with Crippen LogP contribution in [0.5, 0.6) is 0 Å². The number of nitrogen functional groups attached to an aromatic ring is 1. The second-order valence-electron chi connectivity index (χ2n) is 6.80. The summed E-state index contributed by atoms with van der Waals surface area (Å²) >= 11 is 0. The number of nitrogens with zero attached hydrogens (tertiary/aromatic N) is 3. The average molecular weight is 289 g/mol. The zero-order chi connectivity index (χ0) is 15.2. The van der Waals surface area contributed by atoms with Gasteiger partial charge in [-0.3, -0.25) is 9.47 Å². The van der Waals surface area contributed by atoms with Crippen molar-refractivity contribution in [3.63, 3.8) is 0 Å². The van der Waals surface area contributed by atoms with Crippen molar-refractivity contribution in [1.29, 1.82) is 0 Å². The Labute approximate surface area is 124 Å². The molecule has 1 aliphatic heterocycles. The van der Waals surface area contributed by atoms with Crippen LogP contribution in [0.15, 0.2) is 17.1 Å². The number of aromatic nitrogens is 3. The number of aromatic amines is 1. The molecule has 6 nitrogen and oxygen atoms in total. The molecule has 3 heterocycles. The first-order valence-corrected chi connectivity index (χ1v) is 7.47. The molecule has 0 radical (unpaired) electrons. The van der Waals surface area contributed by atoms with Gasteiger partial charge in [-0.15, -0.1) is 0 Å². The molecule has 6 heteroatoms. The number of imidazole rings is 1. The fourth-order valence-corrected chi connectivity index (χ4v) is 3.21. The molecule has 1 atom stereocenters. The van der Waals surface area contributed by atoms with E-state index in [1.165, 1.54) is 0 Å². The highest BCUT2D eigenvalue weighted by molar-refractivity contribution is 5.84. The van der Waals surface area contributed by atoms with Crippen LogP contribution >= 0.6 is 0 Å². The SMILES string of the molecule is CC(C)(C)N1CCC[C@@H](n2c(=O)[nH]c3c(N)nccc32)C1. The minimum Gasteiger partial charge on any atom is -0.382 e. The highest BCUT2D eigenvalue weighted by atomic mass is 16.1. The van der Waals surface area contributed by atoms with Crippen molar-refractivity contribution in [2.24, 2.45) is 0 Å². The van der Waals surface area contributed by atoms with E-state index in [1.807, 2.05) is 10.6 Å². The van der Waals surface area contributed by atoms with Crippen LogP contribution in [0.3, 0.4) is 0 Å². The van der Waals surface area contributed by atoms with E-state index in [0.717, 1.165) is 31.4 Å². The van der Waals surface area contributed by atoms with Crippen molar-refractivity contribution in [3.05, 3.63) is 22.7 Å². The number of piperidine rings is 1. The van der Waals surface area contributed by atoms with E-state index >= 15 is 0 Å². The Morgan fingerprint density at radius 3 is 2.90 bits per heavy atom. The van der Waals surface area contributed by atoms with Crippen molar-refractivity contribution < 1.29 is 0 Å². The van der Waals surface area contributed by atoms with E-state index in [2.05, 4.69) is 35.6 Å².